The van der Waals surface area contributed by atoms with Crippen LogP contribution in [0.2, 0.25) is 0 Å². The van der Waals surface area contributed by atoms with E-state index in [2.05, 4.69) is 17.2 Å². The molecule has 1 aromatic carbocycles. The monoisotopic (exact) mass is 312 g/mol. The SMILES string of the molecule is CCCc1[nH]c(=O)c(C(=O)N[C@@H](C)c2ccccc2)cc1CC. The zero-order valence-corrected chi connectivity index (χ0v) is 14.0. The number of aryl methyl sites for hydroxylation is 2. The lowest BCUT2D eigenvalue weighted by Gasteiger charge is -2.15. The number of benzene rings is 1. The second-order valence-electron chi connectivity index (χ2n) is 5.73. The Bertz CT molecular complexity index is 720. The molecule has 0 aliphatic heterocycles. The van der Waals surface area contributed by atoms with Crippen molar-refractivity contribution in [2.24, 2.45) is 0 Å². The van der Waals surface area contributed by atoms with E-state index in [1.54, 1.807) is 6.07 Å². The Morgan fingerprint density at radius 1 is 1.22 bits per heavy atom. The number of carbonyl (C=O) groups is 1. The van der Waals surface area contributed by atoms with Gasteiger partial charge in [0.1, 0.15) is 5.56 Å². The van der Waals surface area contributed by atoms with E-state index in [1.165, 1.54) is 0 Å². The highest BCUT2D eigenvalue weighted by Gasteiger charge is 2.16. The topological polar surface area (TPSA) is 62.0 Å². The summed E-state index contributed by atoms with van der Waals surface area (Å²) in [5.74, 6) is -0.333. The van der Waals surface area contributed by atoms with E-state index in [0.717, 1.165) is 36.1 Å². The Balaban J connectivity index is 2.24. The third-order valence-corrected chi connectivity index (χ3v) is 3.99. The molecule has 0 aliphatic rings. The lowest BCUT2D eigenvalue weighted by molar-refractivity contribution is 0.0938. The molecule has 23 heavy (non-hydrogen) atoms. The van der Waals surface area contributed by atoms with Crippen LogP contribution in [-0.2, 0) is 12.8 Å². The highest BCUT2D eigenvalue weighted by atomic mass is 16.2. The lowest BCUT2D eigenvalue weighted by Crippen LogP contribution is -2.32. The zero-order chi connectivity index (χ0) is 16.8. The van der Waals surface area contributed by atoms with Gasteiger partial charge in [-0.2, -0.15) is 0 Å². The number of aromatic nitrogens is 1. The van der Waals surface area contributed by atoms with Gasteiger partial charge in [-0.05, 0) is 37.0 Å². The van der Waals surface area contributed by atoms with Gasteiger partial charge in [-0.25, -0.2) is 0 Å². The molecule has 0 radical (unpaired) electrons. The molecule has 4 nitrogen and oxygen atoms in total. The van der Waals surface area contributed by atoms with Crippen molar-refractivity contribution in [1.29, 1.82) is 0 Å². The number of hydrogen-bond acceptors (Lipinski definition) is 2. The number of nitrogens with one attached hydrogen (secondary N) is 2. The van der Waals surface area contributed by atoms with Crippen molar-refractivity contribution in [1.82, 2.24) is 10.3 Å². The Kier molecular flexibility index (Phi) is 5.74. The number of rotatable bonds is 6. The van der Waals surface area contributed by atoms with Crippen LogP contribution in [0.25, 0.3) is 0 Å². The molecular formula is C19H24N2O2. The molecule has 1 atom stereocenters. The maximum Gasteiger partial charge on any atom is 0.261 e. The summed E-state index contributed by atoms with van der Waals surface area (Å²) in [4.78, 5) is 27.6. The minimum Gasteiger partial charge on any atom is -0.345 e. The Hall–Kier alpha value is -2.36. The number of carbonyl (C=O) groups excluding carboxylic acids is 1. The third kappa shape index (κ3) is 4.09. The van der Waals surface area contributed by atoms with Crippen LogP contribution >= 0.6 is 0 Å². The van der Waals surface area contributed by atoms with Crippen molar-refractivity contribution in [3.63, 3.8) is 0 Å². The summed E-state index contributed by atoms with van der Waals surface area (Å²) in [5.41, 5.74) is 2.85. The number of H-pyrrole nitrogens is 1. The predicted octanol–water partition coefficient (Wildman–Crippen LogP) is 3.38. The maximum atomic E-state index is 12.5. The van der Waals surface area contributed by atoms with Crippen LogP contribution in [0.1, 0.15) is 60.4 Å². The largest absolute Gasteiger partial charge is 0.345 e. The van der Waals surface area contributed by atoms with Crippen LogP contribution in [0, 0.1) is 0 Å². The van der Waals surface area contributed by atoms with Gasteiger partial charge in [0.05, 0.1) is 6.04 Å². The van der Waals surface area contributed by atoms with E-state index in [1.807, 2.05) is 44.2 Å². The number of hydrogen-bond donors (Lipinski definition) is 2. The molecule has 2 N–H and O–H groups in total. The van der Waals surface area contributed by atoms with Crippen molar-refractivity contribution in [2.75, 3.05) is 0 Å². The molecule has 0 spiro atoms. The number of aromatic amines is 1. The van der Waals surface area contributed by atoms with E-state index >= 15 is 0 Å². The summed E-state index contributed by atoms with van der Waals surface area (Å²) in [6.45, 7) is 6.01. The van der Waals surface area contributed by atoms with E-state index in [-0.39, 0.29) is 23.1 Å². The van der Waals surface area contributed by atoms with Gasteiger partial charge in [0, 0.05) is 5.69 Å². The highest BCUT2D eigenvalue weighted by molar-refractivity contribution is 5.94. The fourth-order valence-corrected chi connectivity index (χ4v) is 2.67. The molecular weight excluding hydrogens is 288 g/mol. The second kappa shape index (κ2) is 7.77. The van der Waals surface area contributed by atoms with Crippen LogP contribution in [0.3, 0.4) is 0 Å². The minimum absolute atomic E-state index is 0.150. The van der Waals surface area contributed by atoms with Gasteiger partial charge in [0.25, 0.3) is 11.5 Å². The van der Waals surface area contributed by atoms with Crippen molar-refractivity contribution in [2.45, 2.75) is 46.1 Å². The first-order valence-corrected chi connectivity index (χ1v) is 8.17. The molecule has 1 amide bonds. The molecule has 122 valence electrons. The highest BCUT2D eigenvalue weighted by Crippen LogP contribution is 2.13. The number of pyridine rings is 1. The maximum absolute atomic E-state index is 12.5. The average Bonchev–Trinajstić information content (AvgIpc) is 2.56. The summed E-state index contributed by atoms with van der Waals surface area (Å²) >= 11 is 0. The fraction of sp³-hybridized carbons (Fsp3) is 0.368. The summed E-state index contributed by atoms with van der Waals surface area (Å²) in [6.07, 6.45) is 2.57. The van der Waals surface area contributed by atoms with Crippen molar-refractivity contribution in [3.05, 3.63) is 69.1 Å². The molecule has 0 fully saturated rings. The predicted molar refractivity (Wildman–Crippen MR) is 92.8 cm³/mol. The van der Waals surface area contributed by atoms with Crippen molar-refractivity contribution >= 4 is 5.91 Å². The van der Waals surface area contributed by atoms with E-state index in [4.69, 9.17) is 0 Å². The molecule has 0 saturated heterocycles. The molecule has 0 aliphatic carbocycles. The Morgan fingerprint density at radius 3 is 2.52 bits per heavy atom. The Labute approximate surface area is 137 Å². The first-order chi connectivity index (χ1) is 11.1. The molecule has 1 heterocycles. The first-order valence-electron chi connectivity index (χ1n) is 8.17. The van der Waals surface area contributed by atoms with Gasteiger partial charge >= 0.3 is 0 Å². The molecule has 0 saturated carbocycles. The number of amides is 1. The van der Waals surface area contributed by atoms with Gasteiger partial charge in [-0.1, -0.05) is 50.6 Å². The second-order valence-corrected chi connectivity index (χ2v) is 5.73. The third-order valence-electron chi connectivity index (χ3n) is 3.99. The van der Waals surface area contributed by atoms with E-state index < -0.39 is 0 Å². The smallest absolute Gasteiger partial charge is 0.261 e. The Morgan fingerprint density at radius 2 is 1.91 bits per heavy atom. The van der Waals surface area contributed by atoms with E-state index in [9.17, 15) is 9.59 Å². The summed E-state index contributed by atoms with van der Waals surface area (Å²) in [7, 11) is 0. The molecule has 4 heteroatoms. The van der Waals surface area contributed by atoms with Crippen molar-refractivity contribution < 1.29 is 4.79 Å². The average molecular weight is 312 g/mol. The molecule has 0 bridgehead atoms. The van der Waals surface area contributed by atoms with Crippen molar-refractivity contribution in [3.8, 4) is 0 Å². The van der Waals surface area contributed by atoms with Gasteiger partial charge in [0.15, 0.2) is 0 Å². The quantitative estimate of drug-likeness (QED) is 0.859. The lowest BCUT2D eigenvalue weighted by atomic mass is 10.0. The van der Waals surface area contributed by atoms with Gasteiger partial charge < -0.3 is 10.3 Å². The summed E-state index contributed by atoms with van der Waals surface area (Å²) < 4.78 is 0. The van der Waals surface area contributed by atoms with Gasteiger partial charge in [0.2, 0.25) is 0 Å². The summed E-state index contributed by atoms with van der Waals surface area (Å²) in [6, 6.07) is 11.3. The molecule has 1 aromatic heterocycles. The van der Waals surface area contributed by atoms with Crippen LogP contribution in [-0.4, -0.2) is 10.9 Å². The summed E-state index contributed by atoms with van der Waals surface area (Å²) in [5, 5.41) is 2.90. The normalized spacial score (nSPS) is 12.0. The van der Waals surface area contributed by atoms with Crippen LogP contribution in [0.5, 0.6) is 0 Å². The molecule has 0 unspecified atom stereocenters. The van der Waals surface area contributed by atoms with Crippen LogP contribution in [0.4, 0.5) is 0 Å². The standard InChI is InChI=1S/C19H24N2O2/c1-4-9-17-14(5-2)12-16(19(23)21-17)18(22)20-13(3)15-10-7-6-8-11-15/h6-8,10-13H,4-5,9H2,1-3H3,(H,20,22)(H,21,23)/t13-/m0/s1. The van der Waals surface area contributed by atoms with Crippen LogP contribution in [0.15, 0.2) is 41.2 Å². The first kappa shape index (κ1) is 17.0. The zero-order valence-electron chi connectivity index (χ0n) is 14.0. The van der Waals surface area contributed by atoms with E-state index in [0.29, 0.717) is 0 Å². The fourth-order valence-electron chi connectivity index (χ4n) is 2.67. The van der Waals surface area contributed by atoms with Crippen LogP contribution < -0.4 is 10.9 Å². The minimum atomic E-state index is -0.333. The molecule has 2 rings (SSSR count). The van der Waals surface area contributed by atoms with Gasteiger partial charge in [-0.3, -0.25) is 9.59 Å². The molecule has 2 aromatic rings. The van der Waals surface area contributed by atoms with Gasteiger partial charge in [-0.15, -0.1) is 0 Å².